The summed E-state index contributed by atoms with van der Waals surface area (Å²) in [5, 5.41) is 13.2. The summed E-state index contributed by atoms with van der Waals surface area (Å²) in [6.45, 7) is 2.47. The van der Waals surface area contributed by atoms with Crippen LogP contribution < -0.4 is 5.32 Å². The molecule has 0 amide bonds. The maximum absolute atomic E-state index is 11.6. The van der Waals surface area contributed by atoms with Gasteiger partial charge < -0.3 is 15.3 Å². The van der Waals surface area contributed by atoms with Crippen molar-refractivity contribution >= 4 is 15.5 Å². The minimum absolute atomic E-state index is 0.246. The Labute approximate surface area is 115 Å². The van der Waals surface area contributed by atoms with Crippen LogP contribution in [0, 0.1) is 0 Å². The Kier molecular flexibility index (Phi) is 4.95. The van der Waals surface area contributed by atoms with Crippen LogP contribution in [0.4, 0.5) is 5.69 Å². The highest BCUT2D eigenvalue weighted by molar-refractivity contribution is 7.90. The lowest BCUT2D eigenvalue weighted by atomic mass is 10.1. The van der Waals surface area contributed by atoms with E-state index in [1.807, 2.05) is 19.0 Å². The lowest BCUT2D eigenvalue weighted by Gasteiger charge is -2.27. The third-order valence-electron chi connectivity index (χ3n) is 2.60. The molecule has 0 aliphatic rings. The zero-order chi connectivity index (χ0) is 14.7. The first-order valence-electron chi connectivity index (χ1n) is 6.02. The van der Waals surface area contributed by atoms with Gasteiger partial charge >= 0.3 is 0 Å². The molecule has 0 aliphatic carbocycles. The van der Waals surface area contributed by atoms with Gasteiger partial charge in [-0.1, -0.05) is 12.1 Å². The van der Waals surface area contributed by atoms with Crippen LogP contribution in [0.25, 0.3) is 0 Å². The SMILES string of the molecule is CN(C)CC(C)(O)CNc1ccccc1S(C)(=O)=O. The number of sulfone groups is 1. The summed E-state index contributed by atoms with van der Waals surface area (Å²) >= 11 is 0. The molecule has 0 heterocycles. The number of likely N-dealkylation sites (N-methyl/N-ethyl adjacent to an activating group) is 1. The maximum Gasteiger partial charge on any atom is 0.177 e. The van der Waals surface area contributed by atoms with Crippen LogP contribution in [-0.2, 0) is 9.84 Å². The fourth-order valence-electron chi connectivity index (χ4n) is 1.96. The highest BCUT2D eigenvalue weighted by Gasteiger charge is 2.22. The van der Waals surface area contributed by atoms with Crippen molar-refractivity contribution in [2.45, 2.75) is 17.4 Å². The summed E-state index contributed by atoms with van der Waals surface area (Å²) < 4.78 is 23.3. The van der Waals surface area contributed by atoms with Crippen molar-refractivity contribution in [2.24, 2.45) is 0 Å². The molecule has 0 radical (unpaired) electrons. The summed E-state index contributed by atoms with van der Waals surface area (Å²) in [5.74, 6) is 0. The van der Waals surface area contributed by atoms with Gasteiger partial charge in [-0.3, -0.25) is 0 Å². The van der Waals surface area contributed by atoms with E-state index in [4.69, 9.17) is 0 Å². The summed E-state index contributed by atoms with van der Waals surface area (Å²) in [6.07, 6.45) is 1.17. The first-order valence-corrected chi connectivity index (χ1v) is 7.91. The van der Waals surface area contributed by atoms with Crippen LogP contribution in [-0.4, -0.2) is 57.5 Å². The molecule has 0 aromatic heterocycles. The van der Waals surface area contributed by atoms with Crippen LogP contribution in [0.1, 0.15) is 6.92 Å². The number of nitrogens with one attached hydrogen (secondary N) is 1. The lowest BCUT2D eigenvalue weighted by molar-refractivity contribution is 0.0459. The zero-order valence-electron chi connectivity index (χ0n) is 11.8. The van der Waals surface area contributed by atoms with E-state index in [0.717, 1.165) is 0 Å². The van der Waals surface area contributed by atoms with Gasteiger partial charge in [-0.15, -0.1) is 0 Å². The molecule has 1 unspecified atom stereocenters. The van der Waals surface area contributed by atoms with Gasteiger partial charge in [-0.05, 0) is 33.2 Å². The molecule has 1 atom stereocenters. The fraction of sp³-hybridized carbons (Fsp3) is 0.538. The number of rotatable bonds is 6. The second kappa shape index (κ2) is 5.90. The molecule has 19 heavy (non-hydrogen) atoms. The Hall–Kier alpha value is -1.11. The Bertz CT molecular complexity index is 524. The van der Waals surface area contributed by atoms with E-state index in [1.54, 1.807) is 31.2 Å². The van der Waals surface area contributed by atoms with Gasteiger partial charge in [-0.2, -0.15) is 0 Å². The largest absolute Gasteiger partial charge is 0.387 e. The molecule has 6 heteroatoms. The van der Waals surface area contributed by atoms with Crippen molar-refractivity contribution in [1.29, 1.82) is 0 Å². The van der Waals surface area contributed by atoms with Crippen LogP contribution in [0.3, 0.4) is 0 Å². The third kappa shape index (κ3) is 5.18. The Balaban J connectivity index is 2.85. The van der Waals surface area contributed by atoms with Crippen molar-refractivity contribution in [1.82, 2.24) is 4.90 Å². The predicted octanol–water partition coefficient (Wildman–Crippen LogP) is 0.815. The van der Waals surface area contributed by atoms with Gasteiger partial charge in [0.15, 0.2) is 9.84 Å². The average Bonchev–Trinajstić information content (AvgIpc) is 2.24. The van der Waals surface area contributed by atoms with Gasteiger partial charge in [0, 0.05) is 19.3 Å². The number of hydrogen-bond donors (Lipinski definition) is 2. The normalized spacial score (nSPS) is 15.3. The fourth-order valence-corrected chi connectivity index (χ4v) is 2.82. The minimum atomic E-state index is -3.28. The van der Waals surface area contributed by atoms with Gasteiger partial charge in [0.2, 0.25) is 0 Å². The van der Waals surface area contributed by atoms with Crippen molar-refractivity contribution in [3.8, 4) is 0 Å². The van der Waals surface area contributed by atoms with E-state index in [2.05, 4.69) is 5.32 Å². The van der Waals surface area contributed by atoms with E-state index in [9.17, 15) is 13.5 Å². The molecule has 5 nitrogen and oxygen atoms in total. The molecule has 2 N–H and O–H groups in total. The predicted molar refractivity (Wildman–Crippen MR) is 77.2 cm³/mol. The quantitative estimate of drug-likeness (QED) is 0.810. The van der Waals surface area contributed by atoms with Crippen molar-refractivity contribution in [3.63, 3.8) is 0 Å². The summed E-state index contributed by atoms with van der Waals surface area (Å²) in [6, 6.07) is 6.69. The van der Waals surface area contributed by atoms with Gasteiger partial charge in [0.1, 0.15) is 0 Å². The minimum Gasteiger partial charge on any atom is -0.387 e. The molecule has 1 aromatic rings. The van der Waals surface area contributed by atoms with Gasteiger partial charge in [-0.25, -0.2) is 8.42 Å². The molecule has 1 rings (SSSR count). The number of aliphatic hydroxyl groups is 1. The number of para-hydroxylation sites is 1. The first-order chi connectivity index (χ1) is 8.62. The van der Waals surface area contributed by atoms with Gasteiger partial charge in [0.05, 0.1) is 16.2 Å². The lowest BCUT2D eigenvalue weighted by Crippen LogP contribution is -2.43. The van der Waals surface area contributed by atoms with E-state index in [0.29, 0.717) is 12.2 Å². The van der Waals surface area contributed by atoms with Crippen LogP contribution in [0.15, 0.2) is 29.2 Å². The maximum atomic E-state index is 11.6. The summed E-state index contributed by atoms with van der Waals surface area (Å²) in [4.78, 5) is 2.13. The standard InChI is InChI=1S/C13H22N2O3S/c1-13(16,10-15(2)3)9-14-11-7-5-6-8-12(11)19(4,17)18/h5-8,14,16H,9-10H2,1-4H3. The molecular formula is C13H22N2O3S. The first kappa shape index (κ1) is 15.9. The van der Waals surface area contributed by atoms with Gasteiger partial charge in [0.25, 0.3) is 0 Å². The molecule has 0 aliphatic heterocycles. The Morgan fingerprint density at radius 2 is 1.89 bits per heavy atom. The van der Waals surface area contributed by atoms with E-state index in [-0.39, 0.29) is 11.4 Å². The highest BCUT2D eigenvalue weighted by Crippen LogP contribution is 2.21. The van der Waals surface area contributed by atoms with Crippen LogP contribution >= 0.6 is 0 Å². The zero-order valence-corrected chi connectivity index (χ0v) is 12.7. The van der Waals surface area contributed by atoms with Crippen molar-refractivity contribution in [3.05, 3.63) is 24.3 Å². The van der Waals surface area contributed by atoms with E-state index < -0.39 is 15.4 Å². The summed E-state index contributed by atoms with van der Waals surface area (Å²) in [7, 11) is 0.469. The molecular weight excluding hydrogens is 264 g/mol. The summed E-state index contributed by atoms with van der Waals surface area (Å²) in [5.41, 5.74) is -0.419. The third-order valence-corrected chi connectivity index (χ3v) is 3.76. The number of benzene rings is 1. The second-order valence-corrected chi connectivity index (χ2v) is 7.34. The molecule has 0 fully saturated rings. The molecule has 108 valence electrons. The Morgan fingerprint density at radius 3 is 2.42 bits per heavy atom. The molecule has 0 saturated heterocycles. The van der Waals surface area contributed by atoms with Crippen LogP contribution in [0.5, 0.6) is 0 Å². The monoisotopic (exact) mass is 286 g/mol. The molecule has 0 bridgehead atoms. The smallest absolute Gasteiger partial charge is 0.177 e. The second-order valence-electron chi connectivity index (χ2n) is 5.36. The van der Waals surface area contributed by atoms with E-state index in [1.165, 1.54) is 6.26 Å². The van der Waals surface area contributed by atoms with Crippen LogP contribution in [0.2, 0.25) is 0 Å². The highest BCUT2D eigenvalue weighted by atomic mass is 32.2. The Morgan fingerprint density at radius 1 is 1.32 bits per heavy atom. The number of anilines is 1. The van der Waals surface area contributed by atoms with E-state index >= 15 is 0 Å². The topological polar surface area (TPSA) is 69.6 Å². The molecule has 1 aromatic carbocycles. The van der Waals surface area contributed by atoms with Crippen molar-refractivity contribution < 1.29 is 13.5 Å². The molecule has 0 spiro atoms. The molecule has 0 saturated carbocycles. The number of nitrogens with zero attached hydrogens (tertiary/aromatic N) is 1. The average molecular weight is 286 g/mol. The van der Waals surface area contributed by atoms with Crippen molar-refractivity contribution in [2.75, 3.05) is 38.8 Å². The number of hydrogen-bond acceptors (Lipinski definition) is 5.